The molecule has 1 aromatic carbocycles. The third-order valence-corrected chi connectivity index (χ3v) is 5.00. The molecule has 1 N–H and O–H groups in total. The normalized spacial score (nSPS) is 13.6. The zero-order chi connectivity index (χ0) is 14.2. The van der Waals surface area contributed by atoms with Crippen LogP contribution in [0.25, 0.3) is 0 Å². The summed E-state index contributed by atoms with van der Waals surface area (Å²) in [5.74, 6) is 0. The van der Waals surface area contributed by atoms with Gasteiger partial charge in [0.2, 0.25) is 10.0 Å². The average Bonchev–Trinajstić information content (AvgIpc) is 2.13. The lowest BCUT2D eigenvalue weighted by atomic mass is 10.1. The Balaban J connectivity index is 3.14. The molecule has 0 fully saturated rings. The van der Waals surface area contributed by atoms with E-state index in [1.807, 2.05) is 0 Å². The molecule has 0 unspecified atom stereocenters. The molecule has 0 aromatic heterocycles. The highest BCUT2D eigenvalue weighted by molar-refractivity contribution is 8.13. The average molecular weight is 312 g/mol. The Labute approximate surface area is 112 Å². The van der Waals surface area contributed by atoms with Crippen LogP contribution < -0.4 is 4.72 Å². The predicted molar refractivity (Wildman–Crippen MR) is 69.6 cm³/mol. The van der Waals surface area contributed by atoms with Gasteiger partial charge in [0.25, 0.3) is 9.05 Å². The second-order valence-electron chi connectivity index (χ2n) is 4.76. The number of sulfonamides is 1. The summed E-state index contributed by atoms with van der Waals surface area (Å²) in [4.78, 5) is -0.152. The van der Waals surface area contributed by atoms with Gasteiger partial charge in [0.15, 0.2) is 0 Å². The maximum absolute atomic E-state index is 11.9. The van der Waals surface area contributed by atoms with E-state index < -0.39 is 24.6 Å². The molecule has 0 amide bonds. The van der Waals surface area contributed by atoms with E-state index in [-0.39, 0.29) is 9.79 Å². The van der Waals surface area contributed by atoms with Crippen molar-refractivity contribution in [3.8, 4) is 0 Å². The van der Waals surface area contributed by atoms with Crippen molar-refractivity contribution in [2.45, 2.75) is 36.1 Å². The first-order valence-corrected chi connectivity index (χ1v) is 8.80. The Morgan fingerprint density at radius 1 is 0.944 bits per heavy atom. The molecule has 8 heteroatoms. The lowest BCUT2D eigenvalue weighted by Crippen LogP contribution is -2.40. The van der Waals surface area contributed by atoms with E-state index in [0.717, 1.165) is 12.1 Å². The summed E-state index contributed by atoms with van der Waals surface area (Å²) in [5, 5.41) is 0. The molecule has 0 aliphatic carbocycles. The lowest BCUT2D eigenvalue weighted by Gasteiger charge is -2.20. The molecule has 0 aliphatic heterocycles. The molecule has 0 saturated heterocycles. The number of nitrogens with one attached hydrogen (secondary N) is 1. The molecule has 102 valence electrons. The molecule has 0 saturated carbocycles. The van der Waals surface area contributed by atoms with Crippen LogP contribution in [0.3, 0.4) is 0 Å². The molecule has 0 aliphatic rings. The highest BCUT2D eigenvalue weighted by Gasteiger charge is 2.22. The molecule has 0 spiro atoms. The van der Waals surface area contributed by atoms with Gasteiger partial charge in [-0.3, -0.25) is 0 Å². The smallest absolute Gasteiger partial charge is 0.207 e. The van der Waals surface area contributed by atoms with Crippen molar-refractivity contribution in [3.05, 3.63) is 24.3 Å². The first-order valence-electron chi connectivity index (χ1n) is 5.00. The first kappa shape index (κ1) is 15.4. The van der Waals surface area contributed by atoms with E-state index in [1.165, 1.54) is 12.1 Å². The van der Waals surface area contributed by atoms with E-state index in [1.54, 1.807) is 20.8 Å². The maximum atomic E-state index is 11.9. The standard InChI is InChI=1S/C10H14ClNO4S2/c1-10(2,3)12-18(15,16)9-6-4-8(5-7-9)17(11,13)14/h4-7,12H,1-3H3. The van der Waals surface area contributed by atoms with Gasteiger partial charge in [-0.05, 0) is 45.0 Å². The van der Waals surface area contributed by atoms with Crippen molar-refractivity contribution < 1.29 is 16.8 Å². The molecule has 0 bridgehead atoms. The zero-order valence-corrected chi connectivity index (χ0v) is 12.5. The van der Waals surface area contributed by atoms with Crippen LogP contribution in [0, 0.1) is 0 Å². The van der Waals surface area contributed by atoms with E-state index in [9.17, 15) is 16.8 Å². The Morgan fingerprint density at radius 3 is 1.67 bits per heavy atom. The molecule has 0 atom stereocenters. The van der Waals surface area contributed by atoms with Gasteiger partial charge in [-0.2, -0.15) is 0 Å². The van der Waals surface area contributed by atoms with E-state index >= 15 is 0 Å². The van der Waals surface area contributed by atoms with Crippen molar-refractivity contribution in [3.63, 3.8) is 0 Å². The Kier molecular flexibility index (Phi) is 4.12. The number of halogens is 1. The van der Waals surface area contributed by atoms with Gasteiger partial charge in [-0.25, -0.2) is 21.6 Å². The van der Waals surface area contributed by atoms with Gasteiger partial charge in [0.05, 0.1) is 9.79 Å². The summed E-state index contributed by atoms with van der Waals surface area (Å²) >= 11 is 0. The first-order chi connectivity index (χ1) is 7.92. The molecule has 0 radical (unpaired) electrons. The van der Waals surface area contributed by atoms with Crippen molar-refractivity contribution >= 4 is 29.8 Å². The van der Waals surface area contributed by atoms with Crippen molar-refractivity contribution in [1.29, 1.82) is 0 Å². The van der Waals surface area contributed by atoms with Crippen LogP contribution in [-0.2, 0) is 19.1 Å². The molecular weight excluding hydrogens is 298 g/mol. The third-order valence-electron chi connectivity index (χ3n) is 1.86. The highest BCUT2D eigenvalue weighted by Crippen LogP contribution is 2.18. The van der Waals surface area contributed by atoms with Gasteiger partial charge < -0.3 is 0 Å². The van der Waals surface area contributed by atoms with E-state index in [4.69, 9.17) is 10.7 Å². The fourth-order valence-corrected chi connectivity index (χ4v) is 3.43. The summed E-state index contributed by atoms with van der Waals surface area (Å²) in [6.07, 6.45) is 0. The highest BCUT2D eigenvalue weighted by atomic mass is 35.7. The van der Waals surface area contributed by atoms with E-state index in [0.29, 0.717) is 0 Å². The van der Waals surface area contributed by atoms with Gasteiger partial charge in [-0.1, -0.05) is 0 Å². The van der Waals surface area contributed by atoms with Crippen molar-refractivity contribution in [1.82, 2.24) is 4.72 Å². The number of benzene rings is 1. The molecule has 1 rings (SSSR count). The van der Waals surface area contributed by atoms with Crippen LogP contribution in [0.2, 0.25) is 0 Å². The van der Waals surface area contributed by atoms with Crippen LogP contribution in [0.4, 0.5) is 0 Å². The second-order valence-corrected chi connectivity index (χ2v) is 9.01. The van der Waals surface area contributed by atoms with E-state index in [2.05, 4.69) is 4.72 Å². The Bertz CT molecular complexity index is 627. The van der Waals surface area contributed by atoms with Crippen molar-refractivity contribution in [2.24, 2.45) is 0 Å². The van der Waals surface area contributed by atoms with Crippen LogP contribution in [0.15, 0.2) is 34.1 Å². The van der Waals surface area contributed by atoms with Crippen LogP contribution >= 0.6 is 10.7 Å². The Hall–Kier alpha value is -0.630. The summed E-state index contributed by atoms with van der Waals surface area (Å²) in [6, 6.07) is 4.70. The quantitative estimate of drug-likeness (QED) is 0.861. The fraction of sp³-hybridized carbons (Fsp3) is 0.400. The minimum absolute atomic E-state index is 0.0125. The van der Waals surface area contributed by atoms with Crippen LogP contribution in [-0.4, -0.2) is 22.4 Å². The molecule has 18 heavy (non-hydrogen) atoms. The lowest BCUT2D eigenvalue weighted by molar-refractivity contribution is 0.491. The summed E-state index contributed by atoms with van der Waals surface area (Å²) in [7, 11) is -2.37. The minimum Gasteiger partial charge on any atom is -0.207 e. The predicted octanol–water partition coefficient (Wildman–Crippen LogP) is 1.69. The monoisotopic (exact) mass is 311 g/mol. The number of hydrogen-bond donors (Lipinski definition) is 1. The molecule has 0 heterocycles. The van der Waals surface area contributed by atoms with Gasteiger partial charge in [0, 0.05) is 16.2 Å². The summed E-state index contributed by atoms with van der Waals surface area (Å²) in [6.45, 7) is 5.13. The van der Waals surface area contributed by atoms with Gasteiger partial charge >= 0.3 is 0 Å². The molecule has 5 nitrogen and oxygen atoms in total. The SMILES string of the molecule is CC(C)(C)NS(=O)(=O)c1ccc(S(=O)(=O)Cl)cc1. The van der Waals surface area contributed by atoms with Crippen LogP contribution in [0.5, 0.6) is 0 Å². The second kappa shape index (κ2) is 4.80. The van der Waals surface area contributed by atoms with Crippen molar-refractivity contribution in [2.75, 3.05) is 0 Å². The Morgan fingerprint density at radius 2 is 1.33 bits per heavy atom. The number of rotatable bonds is 3. The van der Waals surface area contributed by atoms with Gasteiger partial charge in [0.1, 0.15) is 0 Å². The minimum atomic E-state index is -3.84. The zero-order valence-electron chi connectivity index (χ0n) is 10.1. The third kappa shape index (κ3) is 4.24. The summed E-state index contributed by atoms with van der Waals surface area (Å²) in [5.41, 5.74) is -0.615. The number of hydrogen-bond acceptors (Lipinski definition) is 4. The van der Waals surface area contributed by atoms with Crippen LogP contribution in [0.1, 0.15) is 20.8 Å². The molecular formula is C10H14ClNO4S2. The summed E-state index contributed by atoms with van der Waals surface area (Å²) < 4.78 is 48.3. The van der Waals surface area contributed by atoms with Gasteiger partial charge in [-0.15, -0.1) is 0 Å². The fourth-order valence-electron chi connectivity index (χ4n) is 1.24. The largest absolute Gasteiger partial charge is 0.261 e. The maximum Gasteiger partial charge on any atom is 0.261 e. The topological polar surface area (TPSA) is 80.3 Å². The molecule has 1 aromatic rings.